The highest BCUT2D eigenvalue weighted by atomic mass is 16.5. The summed E-state index contributed by atoms with van der Waals surface area (Å²) >= 11 is 0. The molecule has 2 aromatic heterocycles. The highest BCUT2D eigenvalue weighted by molar-refractivity contribution is 5.75. The van der Waals surface area contributed by atoms with Crippen LogP contribution in [0.25, 0.3) is 0 Å². The Morgan fingerprint density at radius 2 is 2.19 bits per heavy atom. The first kappa shape index (κ1) is 21.6. The summed E-state index contributed by atoms with van der Waals surface area (Å²) in [4.78, 5) is 20.4. The van der Waals surface area contributed by atoms with E-state index in [4.69, 9.17) is 19.4 Å². The Hall–Kier alpha value is -2.60. The summed E-state index contributed by atoms with van der Waals surface area (Å²) in [5, 5.41) is 11.0. The maximum Gasteiger partial charge on any atom is 0.227 e. The lowest BCUT2D eigenvalue weighted by Gasteiger charge is -2.32. The van der Waals surface area contributed by atoms with Crippen molar-refractivity contribution in [2.75, 3.05) is 68.8 Å². The van der Waals surface area contributed by atoms with Crippen molar-refractivity contribution in [3.8, 4) is 0 Å². The molecule has 4 heterocycles. The second-order valence-corrected chi connectivity index (χ2v) is 7.61. The minimum Gasteiger partial charge on any atom is -0.380 e. The third-order valence-corrected chi connectivity index (χ3v) is 5.47. The fourth-order valence-corrected chi connectivity index (χ4v) is 4.01. The van der Waals surface area contributed by atoms with Crippen molar-refractivity contribution in [1.82, 2.24) is 30.3 Å². The summed E-state index contributed by atoms with van der Waals surface area (Å²) in [6.07, 6.45) is 2.90. The molecule has 0 aliphatic carbocycles. The number of hydrogen-bond donors (Lipinski definition) is 2. The number of aromatic nitrogens is 4. The molecule has 168 valence electrons. The van der Waals surface area contributed by atoms with E-state index in [2.05, 4.69) is 37.4 Å². The standard InChI is InChI=1S/C20H31N9O2/c1-5-31-11-10-29-17-16(19(30-4)27(29)3)25-20(28-9-8-22-14(2)12-28)26-18(17)24-15-6-7-21-13-23-15/h6-7,13-14,19,22H,5,8-12H2,1-4H3,(H,21,23,24,25,26)/t14-,19?/m1/s1. The van der Waals surface area contributed by atoms with E-state index in [1.807, 2.05) is 25.0 Å². The minimum absolute atomic E-state index is 0.315. The SMILES string of the molecule is CCOCCN1c2c(Nc3ccncn3)nc(N3CCN[C@H](C)C3)nc2C(OC)N1C. The predicted octanol–water partition coefficient (Wildman–Crippen LogP) is 1.16. The topological polar surface area (TPSA) is 104 Å². The van der Waals surface area contributed by atoms with E-state index in [0.717, 1.165) is 31.0 Å². The molecule has 2 aliphatic heterocycles. The zero-order chi connectivity index (χ0) is 21.8. The van der Waals surface area contributed by atoms with Crippen LogP contribution in [0.2, 0.25) is 0 Å². The van der Waals surface area contributed by atoms with E-state index >= 15 is 0 Å². The van der Waals surface area contributed by atoms with Gasteiger partial charge in [-0.1, -0.05) is 0 Å². The van der Waals surface area contributed by atoms with Gasteiger partial charge in [-0.2, -0.15) is 9.99 Å². The van der Waals surface area contributed by atoms with Crippen LogP contribution >= 0.6 is 0 Å². The number of nitrogens with zero attached hydrogens (tertiary/aromatic N) is 7. The van der Waals surface area contributed by atoms with Crippen LogP contribution in [0.5, 0.6) is 0 Å². The summed E-state index contributed by atoms with van der Waals surface area (Å²) in [6.45, 7) is 8.64. The van der Waals surface area contributed by atoms with Crippen LogP contribution < -0.4 is 20.5 Å². The van der Waals surface area contributed by atoms with Gasteiger partial charge in [-0.25, -0.2) is 15.0 Å². The van der Waals surface area contributed by atoms with Crippen LogP contribution in [0.15, 0.2) is 18.6 Å². The molecule has 2 atom stereocenters. The van der Waals surface area contributed by atoms with Crippen LogP contribution in [0, 0.1) is 0 Å². The van der Waals surface area contributed by atoms with Gasteiger partial charge in [0, 0.05) is 52.6 Å². The molecule has 2 N–H and O–H groups in total. The van der Waals surface area contributed by atoms with E-state index in [1.165, 1.54) is 6.33 Å². The Morgan fingerprint density at radius 3 is 2.90 bits per heavy atom. The van der Waals surface area contributed by atoms with E-state index in [9.17, 15) is 0 Å². The molecule has 0 radical (unpaired) electrons. The Labute approximate surface area is 182 Å². The molecular formula is C20H31N9O2. The van der Waals surface area contributed by atoms with Gasteiger partial charge in [0.05, 0.1) is 13.2 Å². The lowest BCUT2D eigenvalue weighted by Crippen LogP contribution is -2.49. The van der Waals surface area contributed by atoms with Crippen LogP contribution in [-0.2, 0) is 9.47 Å². The van der Waals surface area contributed by atoms with Gasteiger partial charge in [0.15, 0.2) is 12.0 Å². The van der Waals surface area contributed by atoms with Gasteiger partial charge in [0.25, 0.3) is 0 Å². The Kier molecular flexibility index (Phi) is 6.76. The predicted molar refractivity (Wildman–Crippen MR) is 118 cm³/mol. The molecule has 0 aromatic carbocycles. The highest BCUT2D eigenvalue weighted by Gasteiger charge is 2.39. The Morgan fingerprint density at radius 1 is 1.32 bits per heavy atom. The minimum atomic E-state index is -0.315. The maximum atomic E-state index is 5.82. The molecule has 11 heteroatoms. The molecule has 0 spiro atoms. The fraction of sp³-hybridized carbons (Fsp3) is 0.600. The maximum absolute atomic E-state index is 5.82. The van der Waals surface area contributed by atoms with Crippen molar-refractivity contribution in [3.05, 3.63) is 24.3 Å². The van der Waals surface area contributed by atoms with Crippen molar-refractivity contribution in [2.24, 2.45) is 0 Å². The van der Waals surface area contributed by atoms with Crippen LogP contribution in [0.3, 0.4) is 0 Å². The zero-order valence-electron chi connectivity index (χ0n) is 18.6. The molecule has 2 aromatic rings. The summed E-state index contributed by atoms with van der Waals surface area (Å²) in [6, 6.07) is 2.19. The summed E-state index contributed by atoms with van der Waals surface area (Å²) in [7, 11) is 3.69. The highest BCUT2D eigenvalue weighted by Crippen LogP contribution is 2.43. The number of piperazine rings is 1. The van der Waals surface area contributed by atoms with Crippen molar-refractivity contribution in [3.63, 3.8) is 0 Å². The lowest BCUT2D eigenvalue weighted by atomic mass is 10.2. The first-order valence-corrected chi connectivity index (χ1v) is 10.7. The number of anilines is 4. The van der Waals surface area contributed by atoms with Gasteiger partial charge in [-0.05, 0) is 19.9 Å². The van der Waals surface area contributed by atoms with E-state index in [0.29, 0.717) is 43.4 Å². The molecule has 2 aliphatic rings. The van der Waals surface area contributed by atoms with E-state index in [-0.39, 0.29) is 6.23 Å². The number of ether oxygens (including phenoxy) is 2. The quantitative estimate of drug-likeness (QED) is 0.591. The summed E-state index contributed by atoms with van der Waals surface area (Å²) in [5.41, 5.74) is 1.70. The largest absolute Gasteiger partial charge is 0.380 e. The molecule has 11 nitrogen and oxygen atoms in total. The number of methoxy groups -OCH3 is 1. The van der Waals surface area contributed by atoms with E-state index < -0.39 is 0 Å². The van der Waals surface area contributed by atoms with Gasteiger partial charge in [0.1, 0.15) is 23.5 Å². The molecule has 1 saturated heterocycles. The number of nitrogens with one attached hydrogen (secondary N) is 2. The smallest absolute Gasteiger partial charge is 0.227 e. The normalized spacial score (nSPS) is 21.4. The average molecular weight is 430 g/mol. The van der Waals surface area contributed by atoms with Crippen LogP contribution in [0.4, 0.5) is 23.3 Å². The molecular weight excluding hydrogens is 398 g/mol. The first-order valence-electron chi connectivity index (χ1n) is 10.7. The van der Waals surface area contributed by atoms with Gasteiger partial charge < -0.3 is 25.0 Å². The summed E-state index contributed by atoms with van der Waals surface area (Å²) in [5.74, 6) is 2.04. The molecule has 0 bridgehead atoms. The molecule has 4 rings (SSSR count). The number of hydrazine groups is 1. The van der Waals surface area contributed by atoms with Crippen molar-refractivity contribution < 1.29 is 9.47 Å². The fourth-order valence-electron chi connectivity index (χ4n) is 4.01. The van der Waals surface area contributed by atoms with Crippen molar-refractivity contribution in [2.45, 2.75) is 26.1 Å². The van der Waals surface area contributed by atoms with Gasteiger partial charge in [-0.15, -0.1) is 0 Å². The van der Waals surface area contributed by atoms with Gasteiger partial charge in [-0.3, -0.25) is 5.01 Å². The monoisotopic (exact) mass is 429 g/mol. The second kappa shape index (κ2) is 9.69. The molecule has 0 saturated carbocycles. The number of rotatable bonds is 8. The third kappa shape index (κ3) is 4.54. The summed E-state index contributed by atoms with van der Waals surface area (Å²) < 4.78 is 11.4. The van der Waals surface area contributed by atoms with Crippen LogP contribution in [0.1, 0.15) is 25.8 Å². The zero-order valence-corrected chi connectivity index (χ0v) is 18.6. The third-order valence-electron chi connectivity index (χ3n) is 5.47. The lowest BCUT2D eigenvalue weighted by molar-refractivity contribution is -0.0177. The average Bonchev–Trinajstić information content (AvgIpc) is 3.05. The molecule has 1 fully saturated rings. The molecule has 31 heavy (non-hydrogen) atoms. The van der Waals surface area contributed by atoms with Crippen molar-refractivity contribution >= 4 is 23.3 Å². The van der Waals surface area contributed by atoms with Crippen LogP contribution in [-0.4, -0.2) is 84.5 Å². The molecule has 1 unspecified atom stereocenters. The van der Waals surface area contributed by atoms with Gasteiger partial charge in [0.2, 0.25) is 5.95 Å². The number of fused-ring (bicyclic) bond motifs is 1. The molecule has 0 amide bonds. The second-order valence-electron chi connectivity index (χ2n) is 7.61. The Balaban J connectivity index is 1.76. The Bertz CT molecular complexity index is 869. The van der Waals surface area contributed by atoms with E-state index in [1.54, 1.807) is 13.3 Å². The number of hydrogen-bond acceptors (Lipinski definition) is 11. The first-order chi connectivity index (χ1) is 15.1. The van der Waals surface area contributed by atoms with Crippen molar-refractivity contribution in [1.29, 1.82) is 0 Å². The van der Waals surface area contributed by atoms with Gasteiger partial charge >= 0.3 is 0 Å².